The summed E-state index contributed by atoms with van der Waals surface area (Å²) in [6, 6.07) is 4.37. The van der Waals surface area contributed by atoms with Gasteiger partial charge in [-0.2, -0.15) is 0 Å². The van der Waals surface area contributed by atoms with Crippen molar-refractivity contribution in [1.29, 1.82) is 0 Å². The average molecular weight is 188 g/mol. The molecule has 14 heavy (non-hydrogen) atoms. The van der Waals surface area contributed by atoms with E-state index in [0.29, 0.717) is 0 Å². The highest BCUT2D eigenvalue weighted by Gasteiger charge is 2.04. The molecule has 1 heterocycles. The van der Waals surface area contributed by atoms with Crippen LogP contribution in [0, 0.1) is 6.92 Å². The molecule has 0 fully saturated rings. The van der Waals surface area contributed by atoms with Gasteiger partial charge in [0.05, 0.1) is 17.4 Å². The number of H-pyrrole nitrogens is 1. The van der Waals surface area contributed by atoms with E-state index >= 15 is 0 Å². The van der Waals surface area contributed by atoms with Crippen LogP contribution in [0.2, 0.25) is 0 Å². The summed E-state index contributed by atoms with van der Waals surface area (Å²) in [6.07, 6.45) is 5.42. The molecule has 1 N–H and O–H groups in total. The molecule has 0 unspecified atom stereocenters. The van der Waals surface area contributed by atoms with Crippen molar-refractivity contribution >= 4 is 11.0 Å². The molecule has 0 saturated heterocycles. The first-order chi connectivity index (χ1) is 6.83. The Balaban J connectivity index is 2.45. The van der Waals surface area contributed by atoms with E-state index in [9.17, 15) is 0 Å². The zero-order valence-electron chi connectivity index (χ0n) is 8.80. The minimum absolute atomic E-state index is 1.12. The van der Waals surface area contributed by atoms with E-state index in [1.165, 1.54) is 29.5 Å². The third kappa shape index (κ3) is 1.52. The Morgan fingerprint density at radius 2 is 2.21 bits per heavy atom. The first kappa shape index (κ1) is 9.25. The molecule has 1 aromatic carbocycles. The van der Waals surface area contributed by atoms with E-state index in [0.717, 1.165) is 11.9 Å². The maximum atomic E-state index is 4.33. The molecule has 0 amide bonds. The minimum Gasteiger partial charge on any atom is -0.344 e. The second-order valence-corrected chi connectivity index (χ2v) is 3.77. The molecule has 0 bridgehead atoms. The summed E-state index contributed by atoms with van der Waals surface area (Å²) in [6.45, 7) is 4.32. The minimum atomic E-state index is 1.12. The number of unbranched alkanes of at least 4 members (excludes halogenated alkanes) is 1. The normalized spacial score (nSPS) is 11.0. The van der Waals surface area contributed by atoms with E-state index < -0.39 is 0 Å². The van der Waals surface area contributed by atoms with Crippen LogP contribution in [-0.2, 0) is 6.42 Å². The Morgan fingerprint density at radius 1 is 1.36 bits per heavy atom. The van der Waals surface area contributed by atoms with Crippen LogP contribution in [0.4, 0.5) is 0 Å². The van der Waals surface area contributed by atoms with Crippen molar-refractivity contribution in [3.63, 3.8) is 0 Å². The molecule has 2 aromatic rings. The summed E-state index contributed by atoms with van der Waals surface area (Å²) >= 11 is 0. The maximum Gasteiger partial charge on any atom is 0.0932 e. The van der Waals surface area contributed by atoms with Crippen LogP contribution >= 0.6 is 0 Å². The molecule has 1 aromatic heterocycles. The van der Waals surface area contributed by atoms with Gasteiger partial charge in [-0.15, -0.1) is 0 Å². The molecule has 0 aliphatic rings. The van der Waals surface area contributed by atoms with E-state index in [1.54, 1.807) is 6.33 Å². The van der Waals surface area contributed by atoms with Gasteiger partial charge in [0.15, 0.2) is 0 Å². The molecule has 0 saturated carbocycles. The Labute approximate surface area is 84.4 Å². The molecule has 2 rings (SSSR count). The number of imidazole rings is 1. The number of hydrogen-bond donors (Lipinski definition) is 1. The number of fused-ring (bicyclic) bond motifs is 1. The Bertz CT molecular complexity index is 429. The highest BCUT2D eigenvalue weighted by molar-refractivity contribution is 5.81. The van der Waals surface area contributed by atoms with Crippen LogP contribution in [0.5, 0.6) is 0 Å². The lowest BCUT2D eigenvalue weighted by molar-refractivity contribution is 0.798. The van der Waals surface area contributed by atoms with Crippen LogP contribution in [-0.4, -0.2) is 9.97 Å². The summed E-state index contributed by atoms with van der Waals surface area (Å²) < 4.78 is 0. The second-order valence-electron chi connectivity index (χ2n) is 3.77. The Hall–Kier alpha value is -1.31. The standard InChI is InChI=1S/C12H16N2/c1-3-4-5-10-7-6-9(2)11-12(10)14-8-13-11/h6-8H,3-5H2,1-2H3,(H,13,14). The first-order valence-corrected chi connectivity index (χ1v) is 5.24. The lowest BCUT2D eigenvalue weighted by atomic mass is 10.0. The molecule has 2 nitrogen and oxygen atoms in total. The van der Waals surface area contributed by atoms with Gasteiger partial charge in [0, 0.05) is 0 Å². The fourth-order valence-corrected chi connectivity index (χ4v) is 1.80. The predicted octanol–water partition coefficient (Wildman–Crippen LogP) is 3.21. The topological polar surface area (TPSA) is 28.7 Å². The molecule has 0 spiro atoms. The summed E-state index contributed by atoms with van der Waals surface area (Å²) in [5.41, 5.74) is 4.99. The third-order valence-corrected chi connectivity index (χ3v) is 2.67. The van der Waals surface area contributed by atoms with Gasteiger partial charge < -0.3 is 4.98 Å². The number of nitrogens with one attached hydrogen (secondary N) is 1. The van der Waals surface area contributed by atoms with Gasteiger partial charge in [0.25, 0.3) is 0 Å². The van der Waals surface area contributed by atoms with Crippen LogP contribution in [0.1, 0.15) is 30.9 Å². The Morgan fingerprint density at radius 3 is 3.00 bits per heavy atom. The summed E-state index contributed by atoms with van der Waals surface area (Å²) in [4.78, 5) is 7.56. The smallest absolute Gasteiger partial charge is 0.0932 e. The highest BCUT2D eigenvalue weighted by Crippen LogP contribution is 2.20. The van der Waals surface area contributed by atoms with Crippen LogP contribution < -0.4 is 0 Å². The van der Waals surface area contributed by atoms with Crippen molar-refractivity contribution in [3.8, 4) is 0 Å². The Kier molecular flexibility index (Phi) is 2.53. The third-order valence-electron chi connectivity index (χ3n) is 2.67. The molecular weight excluding hydrogens is 172 g/mol. The van der Waals surface area contributed by atoms with E-state index in [-0.39, 0.29) is 0 Å². The number of aryl methyl sites for hydroxylation is 2. The molecule has 74 valence electrons. The lowest BCUT2D eigenvalue weighted by Crippen LogP contribution is -1.88. The number of benzene rings is 1. The number of nitrogens with zero attached hydrogens (tertiary/aromatic N) is 1. The van der Waals surface area contributed by atoms with Crippen molar-refractivity contribution in [2.45, 2.75) is 33.1 Å². The van der Waals surface area contributed by atoms with Crippen molar-refractivity contribution in [1.82, 2.24) is 9.97 Å². The fraction of sp³-hybridized carbons (Fsp3) is 0.417. The summed E-state index contributed by atoms with van der Waals surface area (Å²) in [5, 5.41) is 0. The molecule has 2 heteroatoms. The molecule has 0 aliphatic carbocycles. The highest BCUT2D eigenvalue weighted by atomic mass is 14.9. The number of aromatic nitrogens is 2. The molecule has 0 radical (unpaired) electrons. The van der Waals surface area contributed by atoms with Gasteiger partial charge in [-0.1, -0.05) is 25.5 Å². The quantitative estimate of drug-likeness (QED) is 0.787. The lowest BCUT2D eigenvalue weighted by Gasteiger charge is -2.03. The predicted molar refractivity (Wildman–Crippen MR) is 59.4 cm³/mol. The largest absolute Gasteiger partial charge is 0.344 e. The van der Waals surface area contributed by atoms with Gasteiger partial charge in [0.1, 0.15) is 0 Å². The SMILES string of the molecule is CCCCc1ccc(C)c2nc[nH]c12. The molecule has 0 aliphatic heterocycles. The first-order valence-electron chi connectivity index (χ1n) is 5.24. The maximum absolute atomic E-state index is 4.33. The van der Waals surface area contributed by atoms with Crippen LogP contribution in [0.15, 0.2) is 18.5 Å². The van der Waals surface area contributed by atoms with Crippen LogP contribution in [0.3, 0.4) is 0 Å². The van der Waals surface area contributed by atoms with Gasteiger partial charge in [-0.25, -0.2) is 4.98 Å². The number of aromatic amines is 1. The van der Waals surface area contributed by atoms with Crippen molar-refractivity contribution in [3.05, 3.63) is 29.6 Å². The van der Waals surface area contributed by atoms with Gasteiger partial charge in [-0.3, -0.25) is 0 Å². The number of rotatable bonds is 3. The van der Waals surface area contributed by atoms with Crippen molar-refractivity contribution < 1.29 is 0 Å². The van der Waals surface area contributed by atoms with E-state index in [1.807, 2.05) is 0 Å². The van der Waals surface area contributed by atoms with Crippen LogP contribution in [0.25, 0.3) is 11.0 Å². The van der Waals surface area contributed by atoms with Crippen molar-refractivity contribution in [2.75, 3.05) is 0 Å². The summed E-state index contributed by atoms with van der Waals surface area (Å²) in [5.74, 6) is 0. The zero-order chi connectivity index (χ0) is 9.97. The van der Waals surface area contributed by atoms with E-state index in [2.05, 4.69) is 35.9 Å². The van der Waals surface area contributed by atoms with E-state index in [4.69, 9.17) is 0 Å². The average Bonchev–Trinajstić information content (AvgIpc) is 2.66. The van der Waals surface area contributed by atoms with Gasteiger partial charge in [0.2, 0.25) is 0 Å². The number of hydrogen-bond acceptors (Lipinski definition) is 1. The fourth-order valence-electron chi connectivity index (χ4n) is 1.80. The summed E-state index contributed by atoms with van der Waals surface area (Å²) in [7, 11) is 0. The van der Waals surface area contributed by atoms with Gasteiger partial charge >= 0.3 is 0 Å². The molecule has 0 atom stereocenters. The monoisotopic (exact) mass is 188 g/mol. The van der Waals surface area contributed by atoms with Crippen molar-refractivity contribution in [2.24, 2.45) is 0 Å². The second kappa shape index (κ2) is 3.82. The van der Waals surface area contributed by atoms with Gasteiger partial charge in [-0.05, 0) is 30.9 Å². The zero-order valence-corrected chi connectivity index (χ0v) is 8.80. The molecular formula is C12H16N2.